The number of rotatable bonds is 4. The van der Waals surface area contributed by atoms with Gasteiger partial charge in [-0.3, -0.25) is 4.79 Å². The number of halogens is 1. The lowest BCUT2D eigenvalue weighted by Gasteiger charge is -2.12. The van der Waals surface area contributed by atoms with Gasteiger partial charge in [0.2, 0.25) is 5.91 Å². The fourth-order valence-electron chi connectivity index (χ4n) is 2.24. The molecule has 94 valence electrons. The fourth-order valence-corrected chi connectivity index (χ4v) is 2.24. The lowest BCUT2D eigenvalue weighted by molar-refractivity contribution is -0.122. The maximum Gasteiger partial charge on any atom is 0.220 e. The summed E-state index contributed by atoms with van der Waals surface area (Å²) in [4.78, 5) is 11.6. The highest BCUT2D eigenvalue weighted by molar-refractivity contribution is 5.85. The van der Waals surface area contributed by atoms with Gasteiger partial charge in [-0.2, -0.15) is 0 Å². The van der Waals surface area contributed by atoms with Gasteiger partial charge in [-0.15, -0.1) is 12.4 Å². The zero-order chi connectivity index (χ0) is 10.5. The number of amides is 1. The SMILES string of the molecule is Cl.O=C(CCC1CCCO1)NC1CCNC1. The van der Waals surface area contributed by atoms with Crippen LogP contribution in [0.3, 0.4) is 0 Å². The summed E-state index contributed by atoms with van der Waals surface area (Å²) in [6.07, 6.45) is 5.16. The molecule has 2 atom stereocenters. The van der Waals surface area contributed by atoms with Gasteiger partial charge in [-0.25, -0.2) is 0 Å². The van der Waals surface area contributed by atoms with E-state index in [9.17, 15) is 4.79 Å². The maximum atomic E-state index is 11.6. The van der Waals surface area contributed by atoms with E-state index in [1.807, 2.05) is 0 Å². The molecule has 2 heterocycles. The quantitative estimate of drug-likeness (QED) is 0.776. The molecule has 2 N–H and O–H groups in total. The van der Waals surface area contributed by atoms with E-state index in [-0.39, 0.29) is 18.3 Å². The molecule has 0 aromatic heterocycles. The van der Waals surface area contributed by atoms with Gasteiger partial charge >= 0.3 is 0 Å². The molecule has 0 aliphatic carbocycles. The normalized spacial score (nSPS) is 28.8. The topological polar surface area (TPSA) is 50.4 Å². The van der Waals surface area contributed by atoms with Crippen molar-refractivity contribution in [2.75, 3.05) is 19.7 Å². The minimum absolute atomic E-state index is 0. The predicted molar refractivity (Wildman–Crippen MR) is 64.9 cm³/mol. The first-order valence-corrected chi connectivity index (χ1v) is 5.96. The van der Waals surface area contributed by atoms with Crippen molar-refractivity contribution in [3.05, 3.63) is 0 Å². The van der Waals surface area contributed by atoms with Gasteiger partial charge in [0.25, 0.3) is 0 Å². The van der Waals surface area contributed by atoms with Crippen molar-refractivity contribution >= 4 is 18.3 Å². The largest absolute Gasteiger partial charge is 0.378 e. The number of carbonyl (C=O) groups is 1. The Balaban J connectivity index is 0.00000128. The summed E-state index contributed by atoms with van der Waals surface area (Å²) in [6.45, 7) is 2.82. The van der Waals surface area contributed by atoms with Crippen molar-refractivity contribution in [2.24, 2.45) is 0 Å². The highest BCUT2D eigenvalue weighted by atomic mass is 35.5. The van der Waals surface area contributed by atoms with Gasteiger partial charge < -0.3 is 15.4 Å². The molecule has 2 aliphatic heterocycles. The Morgan fingerprint density at radius 2 is 2.31 bits per heavy atom. The van der Waals surface area contributed by atoms with Crippen LogP contribution in [-0.2, 0) is 9.53 Å². The Bertz CT molecular complexity index is 214. The van der Waals surface area contributed by atoms with Crippen LogP contribution in [0.1, 0.15) is 32.1 Å². The summed E-state index contributed by atoms with van der Waals surface area (Å²) >= 11 is 0. The van der Waals surface area contributed by atoms with Crippen molar-refractivity contribution in [3.8, 4) is 0 Å². The third-order valence-corrected chi connectivity index (χ3v) is 3.14. The molecule has 2 fully saturated rings. The Morgan fingerprint density at radius 3 is 2.94 bits per heavy atom. The molecular formula is C11H21ClN2O2. The van der Waals surface area contributed by atoms with Crippen LogP contribution in [0.25, 0.3) is 0 Å². The smallest absolute Gasteiger partial charge is 0.220 e. The highest BCUT2D eigenvalue weighted by Gasteiger charge is 2.19. The zero-order valence-corrected chi connectivity index (χ0v) is 10.4. The maximum absolute atomic E-state index is 11.6. The molecule has 0 bridgehead atoms. The van der Waals surface area contributed by atoms with E-state index in [1.54, 1.807) is 0 Å². The molecule has 0 aromatic carbocycles. The Hall–Kier alpha value is -0.320. The third kappa shape index (κ3) is 4.28. The van der Waals surface area contributed by atoms with E-state index in [4.69, 9.17) is 4.74 Å². The minimum Gasteiger partial charge on any atom is -0.378 e. The zero-order valence-electron chi connectivity index (χ0n) is 9.54. The predicted octanol–water partition coefficient (Wildman–Crippen LogP) is 0.845. The molecule has 2 rings (SSSR count). The van der Waals surface area contributed by atoms with E-state index in [0.717, 1.165) is 45.4 Å². The van der Waals surface area contributed by atoms with E-state index in [1.165, 1.54) is 0 Å². The van der Waals surface area contributed by atoms with Crippen LogP contribution < -0.4 is 10.6 Å². The number of hydrogen-bond donors (Lipinski definition) is 2. The van der Waals surface area contributed by atoms with Crippen molar-refractivity contribution in [1.82, 2.24) is 10.6 Å². The molecule has 4 nitrogen and oxygen atoms in total. The van der Waals surface area contributed by atoms with Crippen molar-refractivity contribution in [3.63, 3.8) is 0 Å². The van der Waals surface area contributed by atoms with Gasteiger partial charge in [-0.05, 0) is 32.2 Å². The lowest BCUT2D eigenvalue weighted by Crippen LogP contribution is -2.36. The van der Waals surface area contributed by atoms with Crippen LogP contribution in [0.15, 0.2) is 0 Å². The van der Waals surface area contributed by atoms with Crippen LogP contribution in [0.5, 0.6) is 0 Å². The summed E-state index contributed by atoms with van der Waals surface area (Å²) in [5.41, 5.74) is 0. The molecule has 0 aromatic rings. The van der Waals surface area contributed by atoms with Gasteiger partial charge in [0.15, 0.2) is 0 Å². The van der Waals surface area contributed by atoms with E-state index < -0.39 is 0 Å². The first kappa shape index (κ1) is 13.7. The Labute approximate surface area is 103 Å². The number of carbonyl (C=O) groups excluding carboxylic acids is 1. The monoisotopic (exact) mass is 248 g/mol. The van der Waals surface area contributed by atoms with Gasteiger partial charge in [0, 0.05) is 25.6 Å². The van der Waals surface area contributed by atoms with Crippen LogP contribution in [0.4, 0.5) is 0 Å². The third-order valence-electron chi connectivity index (χ3n) is 3.14. The highest BCUT2D eigenvalue weighted by Crippen LogP contribution is 2.16. The number of hydrogen-bond acceptors (Lipinski definition) is 3. The Morgan fingerprint density at radius 1 is 1.44 bits per heavy atom. The standard InChI is InChI=1S/C11H20N2O2.ClH/c14-11(13-9-5-6-12-8-9)4-3-10-2-1-7-15-10;/h9-10,12H,1-8H2,(H,13,14);1H. The average molecular weight is 249 g/mol. The van der Waals surface area contributed by atoms with Gasteiger partial charge in [-0.1, -0.05) is 0 Å². The molecule has 5 heteroatoms. The van der Waals surface area contributed by atoms with E-state index in [2.05, 4.69) is 10.6 Å². The summed E-state index contributed by atoms with van der Waals surface area (Å²) < 4.78 is 5.48. The van der Waals surface area contributed by atoms with Crippen LogP contribution in [0, 0.1) is 0 Å². The molecule has 2 saturated heterocycles. The van der Waals surface area contributed by atoms with Crippen LogP contribution >= 0.6 is 12.4 Å². The average Bonchev–Trinajstić information content (AvgIpc) is 2.86. The molecule has 1 amide bonds. The Kier molecular flexibility index (Phi) is 6.09. The molecule has 0 spiro atoms. The second-order valence-corrected chi connectivity index (χ2v) is 4.43. The first-order chi connectivity index (χ1) is 7.34. The van der Waals surface area contributed by atoms with Crippen molar-refractivity contribution < 1.29 is 9.53 Å². The van der Waals surface area contributed by atoms with Gasteiger partial charge in [0.05, 0.1) is 6.10 Å². The molecule has 0 saturated carbocycles. The van der Waals surface area contributed by atoms with E-state index in [0.29, 0.717) is 18.6 Å². The lowest BCUT2D eigenvalue weighted by atomic mass is 10.1. The molecule has 0 radical (unpaired) electrons. The molecule has 16 heavy (non-hydrogen) atoms. The fraction of sp³-hybridized carbons (Fsp3) is 0.909. The van der Waals surface area contributed by atoms with E-state index >= 15 is 0 Å². The van der Waals surface area contributed by atoms with Crippen LogP contribution in [0.2, 0.25) is 0 Å². The molecular weight excluding hydrogens is 228 g/mol. The second kappa shape index (κ2) is 7.09. The number of nitrogens with one attached hydrogen (secondary N) is 2. The van der Waals surface area contributed by atoms with Crippen molar-refractivity contribution in [2.45, 2.75) is 44.2 Å². The molecule has 2 aliphatic rings. The molecule has 2 unspecified atom stereocenters. The summed E-state index contributed by atoms with van der Waals surface area (Å²) in [5, 5.41) is 6.28. The second-order valence-electron chi connectivity index (χ2n) is 4.43. The first-order valence-electron chi connectivity index (χ1n) is 5.96. The summed E-state index contributed by atoms with van der Waals surface area (Å²) in [6, 6.07) is 0.349. The summed E-state index contributed by atoms with van der Waals surface area (Å²) in [7, 11) is 0. The summed E-state index contributed by atoms with van der Waals surface area (Å²) in [5.74, 6) is 0.180. The number of ether oxygens (including phenoxy) is 1. The minimum atomic E-state index is 0. The van der Waals surface area contributed by atoms with Gasteiger partial charge in [0.1, 0.15) is 0 Å². The van der Waals surface area contributed by atoms with Crippen molar-refractivity contribution in [1.29, 1.82) is 0 Å². The van der Waals surface area contributed by atoms with Crippen LogP contribution in [-0.4, -0.2) is 37.7 Å².